The molecule has 3 amide bonds. The van der Waals surface area contributed by atoms with Crippen LogP contribution in [0, 0.1) is 11.6 Å². The van der Waals surface area contributed by atoms with Gasteiger partial charge in [0.1, 0.15) is 11.6 Å². The van der Waals surface area contributed by atoms with E-state index in [-0.39, 0.29) is 34.7 Å². The normalized spacial score (nSPS) is 19.3. The van der Waals surface area contributed by atoms with Gasteiger partial charge in [0.15, 0.2) is 0 Å². The summed E-state index contributed by atoms with van der Waals surface area (Å²) >= 11 is 0. The molecule has 34 heavy (non-hydrogen) atoms. The number of fused-ring (bicyclic) bond motifs is 2. The van der Waals surface area contributed by atoms with Crippen LogP contribution >= 0.6 is 0 Å². The molecule has 0 bridgehead atoms. The van der Waals surface area contributed by atoms with E-state index in [4.69, 9.17) is 0 Å². The lowest BCUT2D eigenvalue weighted by Crippen LogP contribution is -2.43. The molecule has 7 nitrogen and oxygen atoms in total. The van der Waals surface area contributed by atoms with Crippen molar-refractivity contribution in [2.75, 3.05) is 30.8 Å². The number of likely N-dealkylation sites (tertiary alicyclic amines) is 1. The Labute approximate surface area is 195 Å². The molecule has 2 fully saturated rings. The number of carbonyl (C=O) groups excluding carboxylic acids is 3. The first-order valence-electron chi connectivity index (χ1n) is 11.5. The Hall–Kier alpha value is -3.33. The van der Waals surface area contributed by atoms with Crippen molar-refractivity contribution in [3.8, 4) is 0 Å². The number of rotatable bonds is 4. The van der Waals surface area contributed by atoms with Crippen molar-refractivity contribution in [3.05, 3.63) is 58.7 Å². The molecular formula is C25H26F2N4O3. The zero-order valence-corrected chi connectivity index (χ0v) is 18.8. The molecule has 178 valence electrons. The van der Waals surface area contributed by atoms with Crippen LogP contribution in [0.4, 0.5) is 20.2 Å². The fourth-order valence-corrected chi connectivity index (χ4v) is 5.08. The van der Waals surface area contributed by atoms with E-state index < -0.39 is 23.0 Å². The first-order chi connectivity index (χ1) is 16.3. The molecule has 1 aliphatic carbocycles. The Morgan fingerprint density at radius 2 is 1.79 bits per heavy atom. The van der Waals surface area contributed by atoms with Crippen molar-refractivity contribution < 1.29 is 23.2 Å². The van der Waals surface area contributed by atoms with Crippen molar-refractivity contribution >= 4 is 29.1 Å². The Morgan fingerprint density at radius 3 is 2.44 bits per heavy atom. The molecule has 2 heterocycles. The van der Waals surface area contributed by atoms with Gasteiger partial charge in [-0.1, -0.05) is 6.42 Å². The van der Waals surface area contributed by atoms with Gasteiger partial charge in [0.2, 0.25) is 5.91 Å². The molecule has 0 radical (unpaired) electrons. The van der Waals surface area contributed by atoms with Gasteiger partial charge < -0.3 is 20.9 Å². The second kappa shape index (κ2) is 8.47. The summed E-state index contributed by atoms with van der Waals surface area (Å²) in [6, 6.07) is 5.91. The summed E-state index contributed by atoms with van der Waals surface area (Å²) in [5, 5.41) is 8.58. The summed E-state index contributed by atoms with van der Waals surface area (Å²) in [6.45, 7) is 1.75. The highest BCUT2D eigenvalue weighted by Crippen LogP contribution is 2.52. The maximum absolute atomic E-state index is 14.1. The van der Waals surface area contributed by atoms with E-state index in [1.54, 1.807) is 6.07 Å². The van der Waals surface area contributed by atoms with Crippen LogP contribution < -0.4 is 16.0 Å². The number of nitrogens with one attached hydrogen (secondary N) is 3. The van der Waals surface area contributed by atoms with E-state index in [0.29, 0.717) is 30.2 Å². The number of benzene rings is 2. The number of anilines is 2. The lowest BCUT2D eigenvalue weighted by Gasteiger charge is -2.36. The van der Waals surface area contributed by atoms with E-state index >= 15 is 0 Å². The molecule has 3 N–H and O–H groups in total. The monoisotopic (exact) mass is 468 g/mol. The number of carbonyl (C=O) groups is 3. The predicted octanol–water partition coefficient (Wildman–Crippen LogP) is 3.41. The van der Waals surface area contributed by atoms with Gasteiger partial charge in [-0.05, 0) is 75.6 Å². The molecular weight excluding hydrogens is 442 g/mol. The summed E-state index contributed by atoms with van der Waals surface area (Å²) in [5.41, 5.74) is 0.675. The Bertz CT molecular complexity index is 1190. The van der Waals surface area contributed by atoms with E-state index in [0.717, 1.165) is 44.5 Å². The molecule has 3 aliphatic rings. The van der Waals surface area contributed by atoms with Crippen molar-refractivity contribution in [2.45, 2.75) is 43.6 Å². The lowest BCUT2D eigenvalue weighted by atomic mass is 9.65. The fraction of sp³-hybridized carbons (Fsp3) is 0.400. The van der Waals surface area contributed by atoms with Crippen LogP contribution in [0.1, 0.15) is 58.4 Å². The Kier molecular flexibility index (Phi) is 5.59. The second-order valence-electron chi connectivity index (χ2n) is 9.47. The topological polar surface area (TPSA) is 90.5 Å². The minimum atomic E-state index is -0.980. The van der Waals surface area contributed by atoms with Crippen molar-refractivity contribution in [3.63, 3.8) is 0 Å². The molecule has 1 saturated heterocycles. The number of amides is 3. The first-order valence-corrected chi connectivity index (χ1v) is 11.5. The van der Waals surface area contributed by atoms with Gasteiger partial charge in [-0.15, -0.1) is 0 Å². The standard InChI is InChI=1S/C25H26F2N4O3/c1-31-9-5-15(6-10-31)28-23(33)18-12-16(29-22(32)17-4-3-14(26)11-20(17)27)13-19-21(18)30-24(34)25(19)7-2-8-25/h3-4,11-13,15H,2,5-10H2,1H3,(H,28,33)(H,29,32)(H,30,34). The van der Waals surface area contributed by atoms with Crippen LogP contribution in [0.2, 0.25) is 0 Å². The van der Waals surface area contributed by atoms with E-state index in [1.165, 1.54) is 6.07 Å². The number of hydrogen-bond acceptors (Lipinski definition) is 4. The molecule has 9 heteroatoms. The number of halogens is 2. The van der Waals surface area contributed by atoms with Gasteiger partial charge in [-0.3, -0.25) is 14.4 Å². The van der Waals surface area contributed by atoms with Gasteiger partial charge in [0.05, 0.1) is 22.2 Å². The summed E-state index contributed by atoms with van der Waals surface area (Å²) in [5.74, 6) is -3.00. The number of nitrogens with zero attached hydrogens (tertiary/aromatic N) is 1. The minimum Gasteiger partial charge on any atom is -0.349 e. The lowest BCUT2D eigenvalue weighted by molar-refractivity contribution is -0.123. The third kappa shape index (κ3) is 3.83. The largest absolute Gasteiger partial charge is 0.349 e. The van der Waals surface area contributed by atoms with E-state index in [2.05, 4.69) is 20.9 Å². The molecule has 2 aliphatic heterocycles. The summed E-state index contributed by atoms with van der Waals surface area (Å²) < 4.78 is 27.4. The zero-order chi connectivity index (χ0) is 24.0. The van der Waals surface area contributed by atoms with Crippen LogP contribution in [0.25, 0.3) is 0 Å². The van der Waals surface area contributed by atoms with E-state index in [1.807, 2.05) is 7.05 Å². The predicted molar refractivity (Wildman–Crippen MR) is 123 cm³/mol. The molecule has 0 aromatic heterocycles. The van der Waals surface area contributed by atoms with Crippen molar-refractivity contribution in [1.29, 1.82) is 0 Å². The zero-order valence-electron chi connectivity index (χ0n) is 18.8. The van der Waals surface area contributed by atoms with Gasteiger partial charge in [0, 0.05) is 17.8 Å². The first kappa shape index (κ1) is 22.5. The van der Waals surface area contributed by atoms with Crippen LogP contribution in [-0.4, -0.2) is 48.8 Å². The SMILES string of the molecule is CN1CCC(NC(=O)c2cc(NC(=O)c3ccc(F)cc3F)cc3c2NC(=O)C32CCC2)CC1. The molecule has 0 atom stereocenters. The van der Waals surface area contributed by atoms with Crippen LogP contribution in [-0.2, 0) is 10.2 Å². The highest BCUT2D eigenvalue weighted by Gasteiger charge is 2.52. The quantitative estimate of drug-likeness (QED) is 0.642. The number of hydrogen-bond donors (Lipinski definition) is 3. The highest BCUT2D eigenvalue weighted by molar-refractivity contribution is 6.14. The summed E-state index contributed by atoms with van der Waals surface area (Å²) in [7, 11) is 2.04. The highest BCUT2D eigenvalue weighted by atomic mass is 19.1. The average Bonchev–Trinajstić information content (AvgIpc) is 3.06. The third-order valence-corrected chi connectivity index (χ3v) is 7.27. The summed E-state index contributed by atoms with van der Waals surface area (Å²) in [4.78, 5) is 41.1. The number of piperidine rings is 1. The maximum atomic E-state index is 14.1. The van der Waals surface area contributed by atoms with Gasteiger partial charge in [-0.2, -0.15) is 0 Å². The van der Waals surface area contributed by atoms with Gasteiger partial charge in [0.25, 0.3) is 11.8 Å². The molecule has 0 unspecified atom stereocenters. The van der Waals surface area contributed by atoms with Gasteiger partial charge in [-0.25, -0.2) is 8.78 Å². The van der Waals surface area contributed by atoms with Crippen molar-refractivity contribution in [1.82, 2.24) is 10.2 Å². The van der Waals surface area contributed by atoms with Crippen LogP contribution in [0.5, 0.6) is 0 Å². The second-order valence-corrected chi connectivity index (χ2v) is 9.47. The third-order valence-electron chi connectivity index (χ3n) is 7.27. The average molecular weight is 469 g/mol. The fourth-order valence-electron chi connectivity index (χ4n) is 5.08. The molecule has 2 aromatic rings. The maximum Gasteiger partial charge on any atom is 0.258 e. The Balaban J connectivity index is 1.47. The van der Waals surface area contributed by atoms with Crippen LogP contribution in [0.3, 0.4) is 0 Å². The smallest absolute Gasteiger partial charge is 0.258 e. The molecule has 1 saturated carbocycles. The molecule has 5 rings (SSSR count). The molecule has 2 aromatic carbocycles. The van der Waals surface area contributed by atoms with Gasteiger partial charge >= 0.3 is 0 Å². The Morgan fingerprint density at radius 1 is 1.06 bits per heavy atom. The minimum absolute atomic E-state index is 0.0145. The van der Waals surface area contributed by atoms with Crippen molar-refractivity contribution in [2.24, 2.45) is 0 Å². The molecule has 1 spiro atoms. The van der Waals surface area contributed by atoms with E-state index in [9.17, 15) is 23.2 Å². The van der Waals surface area contributed by atoms with Crippen LogP contribution in [0.15, 0.2) is 30.3 Å². The summed E-state index contributed by atoms with van der Waals surface area (Å²) in [6.07, 6.45) is 3.85.